The highest BCUT2D eigenvalue weighted by Crippen LogP contribution is 2.26. The van der Waals surface area contributed by atoms with Crippen molar-refractivity contribution in [3.63, 3.8) is 0 Å². The fourth-order valence-corrected chi connectivity index (χ4v) is 1.68. The van der Waals surface area contributed by atoms with Crippen LogP contribution in [0.4, 0.5) is 0 Å². The van der Waals surface area contributed by atoms with Gasteiger partial charge in [-0.1, -0.05) is 39.5 Å². The van der Waals surface area contributed by atoms with Gasteiger partial charge in [0.2, 0.25) is 0 Å². The minimum Gasteiger partial charge on any atom is -0.390 e. The van der Waals surface area contributed by atoms with Crippen molar-refractivity contribution in [1.82, 2.24) is 0 Å². The molecule has 0 aromatic heterocycles. The van der Waals surface area contributed by atoms with Crippen LogP contribution in [0.25, 0.3) is 0 Å². The maximum absolute atomic E-state index is 10.3. The topological polar surface area (TPSA) is 44.0 Å². The third-order valence-electron chi connectivity index (χ3n) is 2.69. The van der Waals surface area contributed by atoms with Crippen LogP contribution in [0, 0.1) is 11.3 Å². The molecule has 0 aliphatic carbocycles. The van der Waals surface area contributed by atoms with Gasteiger partial charge in [-0.15, -0.1) is 0 Å². The maximum atomic E-state index is 10.3. The standard InChI is InChI=1S/C12H23NO/c1-3-5-8-12(14,9-6-4-2)10-7-11-13/h14H,3-10H2,1-2H3. The fraction of sp³-hybridized carbons (Fsp3) is 0.917. The van der Waals surface area contributed by atoms with Gasteiger partial charge in [-0.05, 0) is 19.3 Å². The first kappa shape index (κ1) is 13.4. The summed E-state index contributed by atoms with van der Waals surface area (Å²) in [5.41, 5.74) is -0.568. The van der Waals surface area contributed by atoms with Crippen LogP contribution in [0.15, 0.2) is 0 Å². The van der Waals surface area contributed by atoms with Crippen molar-refractivity contribution in [2.75, 3.05) is 0 Å². The molecule has 1 N–H and O–H groups in total. The lowest BCUT2D eigenvalue weighted by atomic mass is 9.87. The third kappa shape index (κ3) is 5.99. The van der Waals surface area contributed by atoms with Gasteiger partial charge in [0, 0.05) is 6.42 Å². The first-order valence-corrected chi connectivity index (χ1v) is 5.78. The lowest BCUT2D eigenvalue weighted by Crippen LogP contribution is -2.28. The van der Waals surface area contributed by atoms with Crippen molar-refractivity contribution < 1.29 is 5.11 Å². The fourth-order valence-electron chi connectivity index (χ4n) is 1.68. The Kier molecular flexibility index (Phi) is 7.51. The second-order valence-electron chi connectivity index (χ2n) is 4.09. The van der Waals surface area contributed by atoms with Crippen LogP contribution < -0.4 is 0 Å². The van der Waals surface area contributed by atoms with Crippen molar-refractivity contribution in [3.8, 4) is 6.07 Å². The second kappa shape index (κ2) is 7.82. The summed E-state index contributed by atoms with van der Waals surface area (Å²) in [5, 5.41) is 18.8. The second-order valence-corrected chi connectivity index (χ2v) is 4.09. The molecule has 0 heterocycles. The summed E-state index contributed by atoms with van der Waals surface area (Å²) in [6.07, 6.45) is 7.17. The number of nitriles is 1. The number of hydrogen-bond acceptors (Lipinski definition) is 2. The average Bonchev–Trinajstić information content (AvgIpc) is 2.21. The van der Waals surface area contributed by atoms with Gasteiger partial charge in [0.05, 0.1) is 11.7 Å². The van der Waals surface area contributed by atoms with E-state index in [9.17, 15) is 5.11 Å². The first-order valence-electron chi connectivity index (χ1n) is 5.78. The van der Waals surface area contributed by atoms with Crippen LogP contribution in [-0.4, -0.2) is 10.7 Å². The summed E-state index contributed by atoms with van der Waals surface area (Å²) in [5.74, 6) is 0. The number of hydrogen-bond donors (Lipinski definition) is 1. The molecule has 82 valence electrons. The van der Waals surface area contributed by atoms with Crippen LogP contribution in [0.1, 0.15) is 65.2 Å². The van der Waals surface area contributed by atoms with Gasteiger partial charge in [0.25, 0.3) is 0 Å². The Hall–Kier alpha value is -0.550. The molecule has 0 saturated carbocycles. The van der Waals surface area contributed by atoms with Gasteiger partial charge in [0.1, 0.15) is 0 Å². The molecule has 0 saturated heterocycles. The summed E-state index contributed by atoms with van der Waals surface area (Å²) in [7, 11) is 0. The van der Waals surface area contributed by atoms with E-state index in [1.807, 2.05) is 0 Å². The van der Waals surface area contributed by atoms with E-state index < -0.39 is 5.60 Å². The Morgan fingerprint density at radius 3 is 1.93 bits per heavy atom. The Balaban J connectivity index is 3.97. The Labute approximate surface area is 87.9 Å². The van der Waals surface area contributed by atoms with E-state index in [2.05, 4.69) is 19.9 Å². The molecule has 0 aliphatic heterocycles. The lowest BCUT2D eigenvalue weighted by molar-refractivity contribution is 0.0115. The van der Waals surface area contributed by atoms with Gasteiger partial charge < -0.3 is 5.11 Å². The van der Waals surface area contributed by atoms with E-state index >= 15 is 0 Å². The molecule has 0 unspecified atom stereocenters. The monoisotopic (exact) mass is 197 g/mol. The van der Waals surface area contributed by atoms with Gasteiger partial charge >= 0.3 is 0 Å². The molecule has 2 nitrogen and oxygen atoms in total. The number of aliphatic hydroxyl groups is 1. The van der Waals surface area contributed by atoms with Gasteiger partial charge in [-0.2, -0.15) is 5.26 Å². The highest BCUT2D eigenvalue weighted by Gasteiger charge is 2.24. The summed E-state index contributed by atoms with van der Waals surface area (Å²) < 4.78 is 0. The van der Waals surface area contributed by atoms with Crippen molar-refractivity contribution in [2.45, 2.75) is 70.8 Å². The quantitative estimate of drug-likeness (QED) is 0.648. The minimum atomic E-state index is -0.568. The highest BCUT2D eigenvalue weighted by molar-refractivity contribution is 4.83. The smallest absolute Gasteiger partial charge is 0.0657 e. The lowest BCUT2D eigenvalue weighted by Gasteiger charge is -2.27. The highest BCUT2D eigenvalue weighted by atomic mass is 16.3. The Bertz CT molecular complexity index is 164. The zero-order valence-corrected chi connectivity index (χ0v) is 9.55. The minimum absolute atomic E-state index is 0.476. The molecule has 0 spiro atoms. The number of nitrogens with zero attached hydrogens (tertiary/aromatic N) is 1. The van der Waals surface area contributed by atoms with Crippen LogP contribution in [0.5, 0.6) is 0 Å². The van der Waals surface area contributed by atoms with E-state index in [0.717, 1.165) is 38.5 Å². The molecule has 0 atom stereocenters. The summed E-state index contributed by atoms with van der Waals surface area (Å²) in [6, 6.07) is 2.12. The summed E-state index contributed by atoms with van der Waals surface area (Å²) in [4.78, 5) is 0. The summed E-state index contributed by atoms with van der Waals surface area (Å²) >= 11 is 0. The predicted molar refractivity (Wildman–Crippen MR) is 58.8 cm³/mol. The van der Waals surface area contributed by atoms with Crippen molar-refractivity contribution in [1.29, 1.82) is 5.26 Å². The number of unbranched alkanes of at least 4 members (excludes halogenated alkanes) is 2. The molecular weight excluding hydrogens is 174 g/mol. The van der Waals surface area contributed by atoms with Crippen LogP contribution in [0.3, 0.4) is 0 Å². The van der Waals surface area contributed by atoms with E-state index in [4.69, 9.17) is 5.26 Å². The van der Waals surface area contributed by atoms with Crippen molar-refractivity contribution >= 4 is 0 Å². The third-order valence-corrected chi connectivity index (χ3v) is 2.69. The first-order chi connectivity index (χ1) is 6.68. The van der Waals surface area contributed by atoms with Crippen molar-refractivity contribution in [2.24, 2.45) is 0 Å². The van der Waals surface area contributed by atoms with Gasteiger partial charge in [0.15, 0.2) is 0 Å². The zero-order valence-electron chi connectivity index (χ0n) is 9.55. The Morgan fingerprint density at radius 2 is 1.57 bits per heavy atom. The van der Waals surface area contributed by atoms with Crippen molar-refractivity contribution in [3.05, 3.63) is 0 Å². The molecular formula is C12H23NO. The molecule has 2 heteroatoms. The molecule has 0 fully saturated rings. The van der Waals surface area contributed by atoms with E-state index in [1.165, 1.54) is 0 Å². The molecule has 0 radical (unpaired) electrons. The predicted octanol–water partition coefficient (Wildman–Crippen LogP) is 3.40. The Morgan fingerprint density at radius 1 is 1.07 bits per heavy atom. The van der Waals surface area contributed by atoms with E-state index in [0.29, 0.717) is 12.8 Å². The summed E-state index contributed by atoms with van der Waals surface area (Å²) in [6.45, 7) is 4.26. The average molecular weight is 197 g/mol. The molecule has 14 heavy (non-hydrogen) atoms. The molecule has 0 bridgehead atoms. The molecule has 0 amide bonds. The molecule has 0 rings (SSSR count). The van der Waals surface area contributed by atoms with Crippen LogP contribution >= 0.6 is 0 Å². The van der Waals surface area contributed by atoms with Gasteiger partial charge in [-0.3, -0.25) is 0 Å². The molecule has 0 aliphatic rings. The SMILES string of the molecule is CCCCC(O)(CCC#N)CCCC. The van der Waals surface area contributed by atoms with Gasteiger partial charge in [-0.25, -0.2) is 0 Å². The van der Waals surface area contributed by atoms with E-state index in [1.54, 1.807) is 0 Å². The zero-order chi connectivity index (χ0) is 10.9. The van der Waals surface area contributed by atoms with Crippen LogP contribution in [0.2, 0.25) is 0 Å². The molecule has 0 aromatic rings. The normalized spacial score (nSPS) is 11.3. The number of rotatable bonds is 8. The van der Waals surface area contributed by atoms with E-state index in [-0.39, 0.29) is 0 Å². The maximum Gasteiger partial charge on any atom is 0.0657 e. The molecule has 0 aromatic carbocycles. The van der Waals surface area contributed by atoms with Crippen LogP contribution in [-0.2, 0) is 0 Å². The largest absolute Gasteiger partial charge is 0.390 e.